The summed E-state index contributed by atoms with van der Waals surface area (Å²) in [5.74, 6) is 2.33. The number of rotatable bonds is 4. The summed E-state index contributed by atoms with van der Waals surface area (Å²) in [6.45, 7) is 13.3. The Kier molecular flexibility index (Phi) is 3.23. The molecule has 0 atom stereocenters. The maximum absolute atomic E-state index is 5.99. The van der Waals surface area contributed by atoms with E-state index in [1.807, 2.05) is 6.92 Å². The lowest BCUT2D eigenvalue weighted by Gasteiger charge is -2.13. The van der Waals surface area contributed by atoms with Crippen LogP contribution in [0.3, 0.4) is 0 Å². The standard InChI is InChI=1S/C15H26N4/c1-7-8-10-17-11(16)9(2)12(18-10)19-13-14(3,4)15(13,5)6/h13H,7-8H2,1-6H3,(H3,16,17,18,19). The third-order valence-electron chi connectivity index (χ3n) is 5.01. The molecule has 0 amide bonds. The van der Waals surface area contributed by atoms with Gasteiger partial charge in [0, 0.05) is 18.0 Å². The Morgan fingerprint density at radius 2 is 1.74 bits per heavy atom. The number of nitrogen functional groups attached to an aromatic ring is 1. The van der Waals surface area contributed by atoms with Crippen molar-refractivity contribution in [2.75, 3.05) is 11.1 Å². The van der Waals surface area contributed by atoms with Crippen LogP contribution >= 0.6 is 0 Å². The van der Waals surface area contributed by atoms with Gasteiger partial charge in [0.2, 0.25) is 0 Å². The van der Waals surface area contributed by atoms with Crippen molar-refractivity contribution in [1.82, 2.24) is 9.97 Å². The van der Waals surface area contributed by atoms with Gasteiger partial charge in [-0.25, -0.2) is 9.97 Å². The number of nitrogens with two attached hydrogens (primary N) is 1. The molecule has 0 radical (unpaired) electrons. The highest BCUT2D eigenvalue weighted by atomic mass is 15.1. The van der Waals surface area contributed by atoms with Crippen LogP contribution in [-0.4, -0.2) is 16.0 Å². The van der Waals surface area contributed by atoms with Crippen LogP contribution in [0.5, 0.6) is 0 Å². The van der Waals surface area contributed by atoms with Crippen LogP contribution in [0.2, 0.25) is 0 Å². The fourth-order valence-electron chi connectivity index (χ4n) is 2.75. The molecule has 106 valence electrons. The first-order valence-electron chi connectivity index (χ1n) is 7.11. The molecule has 1 aromatic heterocycles. The zero-order valence-electron chi connectivity index (χ0n) is 13.0. The van der Waals surface area contributed by atoms with Crippen molar-refractivity contribution >= 4 is 11.6 Å². The minimum atomic E-state index is 0.282. The maximum atomic E-state index is 5.99. The molecule has 1 saturated carbocycles. The second kappa shape index (κ2) is 4.36. The summed E-state index contributed by atoms with van der Waals surface area (Å²) < 4.78 is 0. The molecule has 0 saturated heterocycles. The minimum Gasteiger partial charge on any atom is -0.383 e. The van der Waals surface area contributed by atoms with Crippen LogP contribution in [0.1, 0.15) is 52.4 Å². The Bertz CT molecular complexity index is 477. The molecule has 4 heteroatoms. The van der Waals surface area contributed by atoms with Crippen molar-refractivity contribution in [1.29, 1.82) is 0 Å². The van der Waals surface area contributed by atoms with Gasteiger partial charge in [0.15, 0.2) is 0 Å². The third kappa shape index (κ3) is 2.17. The average molecular weight is 262 g/mol. The van der Waals surface area contributed by atoms with Gasteiger partial charge in [-0.1, -0.05) is 34.6 Å². The highest BCUT2D eigenvalue weighted by Gasteiger charge is 2.65. The van der Waals surface area contributed by atoms with Crippen molar-refractivity contribution in [3.05, 3.63) is 11.4 Å². The van der Waals surface area contributed by atoms with Gasteiger partial charge in [-0.2, -0.15) is 0 Å². The predicted octanol–water partition coefficient (Wildman–Crippen LogP) is 3.17. The monoisotopic (exact) mass is 262 g/mol. The number of aromatic nitrogens is 2. The van der Waals surface area contributed by atoms with Crippen LogP contribution < -0.4 is 11.1 Å². The largest absolute Gasteiger partial charge is 0.383 e. The molecule has 0 spiro atoms. The minimum absolute atomic E-state index is 0.282. The summed E-state index contributed by atoms with van der Waals surface area (Å²) >= 11 is 0. The van der Waals surface area contributed by atoms with Crippen molar-refractivity contribution in [2.45, 2.75) is 60.4 Å². The van der Waals surface area contributed by atoms with Gasteiger partial charge in [-0.05, 0) is 24.2 Å². The summed E-state index contributed by atoms with van der Waals surface area (Å²) in [6.07, 6.45) is 1.90. The van der Waals surface area contributed by atoms with E-state index in [1.165, 1.54) is 0 Å². The Hall–Kier alpha value is -1.32. The van der Waals surface area contributed by atoms with Gasteiger partial charge < -0.3 is 11.1 Å². The van der Waals surface area contributed by atoms with E-state index in [0.29, 0.717) is 11.9 Å². The summed E-state index contributed by atoms with van der Waals surface area (Å²) in [5.41, 5.74) is 7.51. The van der Waals surface area contributed by atoms with Crippen molar-refractivity contribution in [2.24, 2.45) is 10.8 Å². The number of anilines is 2. The van der Waals surface area contributed by atoms with Gasteiger partial charge in [-0.15, -0.1) is 0 Å². The average Bonchev–Trinajstić information content (AvgIpc) is 2.68. The van der Waals surface area contributed by atoms with Gasteiger partial charge in [0.25, 0.3) is 0 Å². The maximum Gasteiger partial charge on any atom is 0.135 e. The normalized spacial score (nSPS) is 20.3. The first-order chi connectivity index (χ1) is 8.71. The van der Waals surface area contributed by atoms with E-state index in [0.717, 1.165) is 30.0 Å². The summed E-state index contributed by atoms with van der Waals surface area (Å²) in [6, 6.07) is 0.433. The van der Waals surface area contributed by atoms with Crippen LogP contribution in [-0.2, 0) is 6.42 Å². The zero-order valence-corrected chi connectivity index (χ0v) is 13.0. The topological polar surface area (TPSA) is 63.8 Å². The molecule has 1 heterocycles. The molecule has 0 bridgehead atoms. The fourth-order valence-corrected chi connectivity index (χ4v) is 2.75. The molecule has 0 aliphatic heterocycles. The molecule has 4 nitrogen and oxygen atoms in total. The summed E-state index contributed by atoms with van der Waals surface area (Å²) in [5, 5.41) is 3.57. The molecule has 2 rings (SSSR count). The van der Waals surface area contributed by atoms with E-state index in [9.17, 15) is 0 Å². The Morgan fingerprint density at radius 1 is 1.16 bits per heavy atom. The smallest absolute Gasteiger partial charge is 0.135 e. The van der Waals surface area contributed by atoms with E-state index >= 15 is 0 Å². The Morgan fingerprint density at radius 3 is 2.21 bits per heavy atom. The van der Waals surface area contributed by atoms with Crippen molar-refractivity contribution in [3.8, 4) is 0 Å². The number of nitrogens with one attached hydrogen (secondary N) is 1. The second-order valence-electron chi connectivity index (χ2n) is 6.77. The SMILES string of the molecule is CCCc1nc(N)c(C)c(NC2C(C)(C)C2(C)C)n1. The summed E-state index contributed by atoms with van der Waals surface area (Å²) in [7, 11) is 0. The van der Waals surface area contributed by atoms with E-state index in [1.54, 1.807) is 0 Å². The molecule has 0 aromatic carbocycles. The Balaban J connectivity index is 2.26. The van der Waals surface area contributed by atoms with Crippen molar-refractivity contribution in [3.63, 3.8) is 0 Å². The van der Waals surface area contributed by atoms with Crippen molar-refractivity contribution < 1.29 is 0 Å². The van der Waals surface area contributed by atoms with Gasteiger partial charge in [-0.3, -0.25) is 0 Å². The molecule has 1 fully saturated rings. The van der Waals surface area contributed by atoms with Gasteiger partial charge in [0.05, 0.1) is 0 Å². The molecule has 3 N–H and O–H groups in total. The molecular weight excluding hydrogens is 236 g/mol. The zero-order chi connectivity index (χ0) is 14.4. The third-order valence-corrected chi connectivity index (χ3v) is 5.01. The van der Waals surface area contributed by atoms with Crippen LogP contribution in [0, 0.1) is 17.8 Å². The lowest BCUT2D eigenvalue weighted by molar-refractivity contribution is 0.457. The summed E-state index contributed by atoms with van der Waals surface area (Å²) in [4.78, 5) is 8.98. The molecule has 1 aliphatic carbocycles. The quantitative estimate of drug-likeness (QED) is 0.875. The van der Waals surface area contributed by atoms with Gasteiger partial charge >= 0.3 is 0 Å². The first-order valence-corrected chi connectivity index (χ1v) is 7.11. The molecule has 1 aromatic rings. The first kappa shape index (κ1) is 14.1. The Labute approximate surface area is 116 Å². The lowest BCUT2D eigenvalue weighted by Crippen LogP contribution is -2.15. The fraction of sp³-hybridized carbons (Fsp3) is 0.733. The van der Waals surface area contributed by atoms with Crippen LogP contribution in [0.25, 0.3) is 0 Å². The molecule has 1 aliphatic rings. The van der Waals surface area contributed by atoms with E-state index < -0.39 is 0 Å². The molecule has 0 unspecified atom stereocenters. The van der Waals surface area contributed by atoms with E-state index in [-0.39, 0.29) is 10.8 Å². The van der Waals surface area contributed by atoms with Gasteiger partial charge in [0.1, 0.15) is 17.5 Å². The number of hydrogen-bond donors (Lipinski definition) is 2. The molecular formula is C15H26N4. The van der Waals surface area contributed by atoms with Crippen LogP contribution in [0.15, 0.2) is 0 Å². The van der Waals surface area contributed by atoms with Crippen LogP contribution in [0.4, 0.5) is 11.6 Å². The predicted molar refractivity (Wildman–Crippen MR) is 80.1 cm³/mol. The highest BCUT2D eigenvalue weighted by Crippen LogP contribution is 2.63. The number of aryl methyl sites for hydroxylation is 1. The number of hydrogen-bond acceptors (Lipinski definition) is 4. The number of nitrogens with zero attached hydrogens (tertiary/aromatic N) is 2. The highest BCUT2D eigenvalue weighted by molar-refractivity contribution is 5.57. The second-order valence-corrected chi connectivity index (χ2v) is 6.77. The van der Waals surface area contributed by atoms with E-state index in [2.05, 4.69) is 49.9 Å². The van der Waals surface area contributed by atoms with E-state index in [4.69, 9.17) is 5.73 Å². The lowest BCUT2D eigenvalue weighted by atomic mass is 10.0. The molecule has 19 heavy (non-hydrogen) atoms.